The molecule has 1 aliphatic rings. The van der Waals surface area contributed by atoms with E-state index in [1.807, 2.05) is 0 Å². The van der Waals surface area contributed by atoms with Gasteiger partial charge in [-0.1, -0.05) is 13.1 Å². The molecule has 0 saturated carbocycles. The monoisotopic (exact) mass is 750 g/mol. The molecule has 18 heteroatoms. The third kappa shape index (κ3) is 15.0. The zero-order valence-electron chi connectivity index (χ0n) is 30.2. The zero-order chi connectivity index (χ0) is 32.9. The van der Waals surface area contributed by atoms with Crippen molar-refractivity contribution in [1.29, 1.82) is 0 Å². The van der Waals surface area contributed by atoms with Gasteiger partial charge in [-0.3, -0.25) is 0 Å². The van der Waals surface area contributed by atoms with Crippen LogP contribution in [0.15, 0.2) is 0 Å². The van der Waals surface area contributed by atoms with E-state index >= 15 is 0 Å². The van der Waals surface area contributed by atoms with Gasteiger partial charge in [0.2, 0.25) is 0 Å². The fraction of sp³-hybridized carbons (Fsp3) is 1.00. The van der Waals surface area contributed by atoms with Crippen LogP contribution in [0.3, 0.4) is 0 Å². The van der Waals surface area contributed by atoms with Crippen molar-refractivity contribution in [2.45, 2.75) is 128 Å². The molecule has 3 unspecified atom stereocenters. The van der Waals surface area contributed by atoms with Crippen molar-refractivity contribution in [2.75, 3.05) is 27.6 Å². The van der Waals surface area contributed by atoms with Crippen LogP contribution in [0.1, 0.15) is 0 Å². The Morgan fingerprint density at radius 3 is 1.33 bits per heavy atom. The van der Waals surface area contributed by atoms with E-state index in [0.29, 0.717) is 12.1 Å². The van der Waals surface area contributed by atoms with Crippen LogP contribution in [0.2, 0.25) is 128 Å². The maximum absolute atomic E-state index is 7.35. The molecule has 0 aromatic carbocycles. The predicted octanol–water partition coefficient (Wildman–Crippen LogP) is 7.17. The van der Waals surface area contributed by atoms with Crippen molar-refractivity contribution in [3.63, 3.8) is 0 Å². The lowest BCUT2D eigenvalue weighted by Crippen LogP contribution is -2.67. The predicted molar refractivity (Wildman–Crippen MR) is 197 cm³/mol. The third-order valence-electron chi connectivity index (χ3n) is 7.36. The molecule has 9 nitrogen and oxygen atoms in total. The third-order valence-corrected chi connectivity index (χ3v) is 39.0. The standard InChI is InChI=1S/C24H66O9Si9/c1-25-42(26-2,27-3)23-22-40(16)31-38(13,14)30-39(15,20-18-36(9,10)28-24-34(4)5)32-41(17,33-40)21-19-37(11,12)29-35(6,7)8/h34H,18-24H2,1-17H3. The highest BCUT2D eigenvalue weighted by atomic mass is 28.5. The molecule has 0 radical (unpaired) electrons. The molecule has 1 fully saturated rings. The second-order valence-electron chi connectivity index (χ2n) is 15.4. The lowest BCUT2D eigenvalue weighted by atomic mass is 10.9. The van der Waals surface area contributed by atoms with Gasteiger partial charge < -0.3 is 38.3 Å². The van der Waals surface area contributed by atoms with Gasteiger partial charge in [0.25, 0.3) is 0 Å². The summed E-state index contributed by atoms with van der Waals surface area (Å²) < 4.78 is 59.3. The molecule has 0 amide bonds. The lowest BCUT2D eigenvalue weighted by Gasteiger charge is -2.50. The summed E-state index contributed by atoms with van der Waals surface area (Å²) in [6, 6.07) is 5.09. The molecule has 0 aliphatic carbocycles. The van der Waals surface area contributed by atoms with E-state index in [1.54, 1.807) is 21.3 Å². The zero-order valence-corrected chi connectivity index (χ0v) is 39.4. The number of hydrogen-bond acceptors (Lipinski definition) is 9. The molecular weight excluding hydrogens is 685 g/mol. The first-order valence-corrected chi connectivity index (χ1v) is 40.6. The highest BCUT2D eigenvalue weighted by Gasteiger charge is 2.57. The van der Waals surface area contributed by atoms with Crippen LogP contribution in [-0.4, -0.2) is 104 Å². The van der Waals surface area contributed by atoms with Crippen LogP contribution in [0, 0.1) is 0 Å². The Bertz CT molecular complexity index is 834. The summed E-state index contributed by atoms with van der Waals surface area (Å²) in [6.45, 7) is 31.8. The molecule has 3 atom stereocenters. The molecule has 42 heavy (non-hydrogen) atoms. The van der Waals surface area contributed by atoms with Gasteiger partial charge in [0.1, 0.15) is 0 Å². The first-order valence-electron chi connectivity index (χ1n) is 15.6. The van der Waals surface area contributed by atoms with E-state index in [-0.39, 0.29) is 0 Å². The van der Waals surface area contributed by atoms with E-state index in [9.17, 15) is 0 Å². The summed E-state index contributed by atoms with van der Waals surface area (Å²) in [7, 11) is -14.8. The molecule has 1 heterocycles. The fourth-order valence-corrected chi connectivity index (χ4v) is 48.8. The molecule has 252 valence electrons. The van der Waals surface area contributed by atoms with Crippen molar-refractivity contribution in [3.8, 4) is 0 Å². The molecule has 0 aromatic rings. The van der Waals surface area contributed by atoms with E-state index in [2.05, 4.69) is 91.7 Å². The number of hydrogen-bond donors (Lipinski definition) is 0. The van der Waals surface area contributed by atoms with Crippen LogP contribution in [0.4, 0.5) is 0 Å². The van der Waals surface area contributed by atoms with Crippen LogP contribution in [0.25, 0.3) is 0 Å². The summed E-state index contributed by atoms with van der Waals surface area (Å²) >= 11 is 0. The minimum Gasteiger partial charge on any atom is -0.456 e. The molecule has 0 aromatic heterocycles. The summed E-state index contributed by atoms with van der Waals surface area (Å²) in [6.07, 6.45) is 0.939. The summed E-state index contributed by atoms with van der Waals surface area (Å²) in [5.74, 6) is 0. The van der Waals surface area contributed by atoms with Gasteiger partial charge in [0.15, 0.2) is 25.0 Å². The van der Waals surface area contributed by atoms with E-state index in [0.717, 1.165) is 30.4 Å². The van der Waals surface area contributed by atoms with Crippen molar-refractivity contribution >= 4 is 76.8 Å². The molecule has 0 N–H and O–H groups in total. The smallest absolute Gasteiger partial charge is 0.456 e. The topological polar surface area (TPSA) is 83.1 Å². The second kappa shape index (κ2) is 15.7. The quantitative estimate of drug-likeness (QED) is 0.144. The van der Waals surface area contributed by atoms with Crippen molar-refractivity contribution in [1.82, 2.24) is 0 Å². The van der Waals surface area contributed by atoms with Crippen molar-refractivity contribution in [2.24, 2.45) is 0 Å². The van der Waals surface area contributed by atoms with Gasteiger partial charge in [-0.2, -0.15) is 0 Å². The Balaban J connectivity index is 3.40. The van der Waals surface area contributed by atoms with Gasteiger partial charge in [-0.15, -0.1) is 0 Å². The second-order valence-corrected chi connectivity index (χ2v) is 49.4. The van der Waals surface area contributed by atoms with Crippen LogP contribution >= 0.6 is 0 Å². The minimum absolute atomic E-state index is 0.623. The molecule has 0 bridgehead atoms. The van der Waals surface area contributed by atoms with Crippen molar-refractivity contribution < 1.29 is 38.3 Å². The molecule has 1 saturated heterocycles. The van der Waals surface area contributed by atoms with E-state index in [1.165, 1.54) is 0 Å². The first kappa shape index (κ1) is 41.6. The van der Waals surface area contributed by atoms with E-state index < -0.39 is 76.8 Å². The molecule has 1 rings (SSSR count). The lowest BCUT2D eigenvalue weighted by molar-refractivity contribution is 0.124. The first-order chi connectivity index (χ1) is 18.8. The van der Waals surface area contributed by atoms with Gasteiger partial charge in [0.05, 0.1) is 8.80 Å². The van der Waals surface area contributed by atoms with Gasteiger partial charge in [-0.25, -0.2) is 0 Å². The molecular formula is C24H66O9Si9. The minimum atomic E-state index is -2.81. The average Bonchev–Trinajstić information content (AvgIpc) is 2.79. The van der Waals surface area contributed by atoms with Gasteiger partial charge in [-0.05, 0) is 109 Å². The highest BCUT2D eigenvalue weighted by molar-refractivity contribution is 6.95. The van der Waals surface area contributed by atoms with Crippen molar-refractivity contribution in [3.05, 3.63) is 0 Å². The summed E-state index contributed by atoms with van der Waals surface area (Å²) in [5, 5.41) is 0. The molecule has 0 spiro atoms. The highest BCUT2D eigenvalue weighted by Crippen LogP contribution is 2.40. The maximum atomic E-state index is 7.35. The number of rotatable bonds is 17. The SMILES string of the molecule is CO[Si](CC[Si]1(C)O[Si](C)(C)O[Si](C)(CC[Si](C)(C)OC[SiH](C)C)O[Si](C)(CC[Si](C)(C)O[Si](C)(C)C)O1)(OC)OC. The Morgan fingerprint density at radius 1 is 0.571 bits per heavy atom. The van der Waals surface area contributed by atoms with E-state index in [4.69, 9.17) is 38.3 Å². The average molecular weight is 752 g/mol. The summed E-state index contributed by atoms with van der Waals surface area (Å²) in [4.78, 5) is 0. The fourth-order valence-electron chi connectivity index (χ4n) is 5.68. The van der Waals surface area contributed by atoms with Crippen LogP contribution in [0.5, 0.6) is 0 Å². The largest absolute Gasteiger partial charge is 0.500 e. The summed E-state index contributed by atoms with van der Waals surface area (Å²) in [5.41, 5.74) is 0. The molecule has 1 aliphatic heterocycles. The van der Waals surface area contributed by atoms with Gasteiger partial charge in [0, 0.05) is 33.6 Å². The van der Waals surface area contributed by atoms with Gasteiger partial charge >= 0.3 is 43.0 Å². The maximum Gasteiger partial charge on any atom is 0.500 e. The van der Waals surface area contributed by atoms with Crippen LogP contribution < -0.4 is 0 Å². The Hall–Kier alpha value is 1.59. The Morgan fingerprint density at radius 2 is 0.952 bits per heavy atom. The van der Waals surface area contributed by atoms with Crippen LogP contribution in [-0.2, 0) is 38.3 Å². The Kier molecular flexibility index (Phi) is 15.5. The Labute approximate surface area is 269 Å². The normalized spacial score (nSPS) is 28.1.